The maximum absolute atomic E-state index is 5.52. The average molecular weight is 255 g/mol. The summed E-state index contributed by atoms with van der Waals surface area (Å²) in [5.74, 6) is 1.92. The molecule has 0 aromatic carbocycles. The molecule has 2 aliphatic carbocycles. The normalized spacial score (nSPS) is 36.2. The molecule has 0 heterocycles. The molecular weight excluding hydrogens is 226 g/mol. The highest BCUT2D eigenvalue weighted by atomic mass is 16.5. The first kappa shape index (κ1) is 14.3. The lowest BCUT2D eigenvalue weighted by Crippen LogP contribution is -2.42. The van der Waals surface area contributed by atoms with Gasteiger partial charge in [0.1, 0.15) is 0 Å². The van der Waals surface area contributed by atoms with Crippen LogP contribution in [0.15, 0.2) is 0 Å². The van der Waals surface area contributed by atoms with E-state index in [2.05, 4.69) is 12.2 Å². The van der Waals surface area contributed by atoms with Gasteiger partial charge in [0.25, 0.3) is 0 Å². The van der Waals surface area contributed by atoms with Gasteiger partial charge < -0.3 is 14.8 Å². The Bertz CT molecular complexity index is 259. The summed E-state index contributed by atoms with van der Waals surface area (Å²) in [6.07, 6.45) is 7.37. The number of hydrogen-bond donors (Lipinski definition) is 1. The zero-order chi connectivity index (χ0) is 13.0. The van der Waals surface area contributed by atoms with Crippen LogP contribution in [0.1, 0.15) is 39.0 Å². The van der Waals surface area contributed by atoms with E-state index in [-0.39, 0.29) is 0 Å². The third-order valence-electron chi connectivity index (χ3n) is 5.16. The summed E-state index contributed by atoms with van der Waals surface area (Å²) < 4.78 is 10.6. The molecule has 2 bridgehead atoms. The van der Waals surface area contributed by atoms with Gasteiger partial charge in [-0.1, -0.05) is 6.42 Å². The molecule has 3 heteroatoms. The molecule has 18 heavy (non-hydrogen) atoms. The van der Waals surface area contributed by atoms with E-state index < -0.39 is 0 Å². The van der Waals surface area contributed by atoms with E-state index in [4.69, 9.17) is 9.47 Å². The van der Waals surface area contributed by atoms with Crippen molar-refractivity contribution in [2.24, 2.45) is 17.3 Å². The fourth-order valence-corrected chi connectivity index (χ4v) is 4.26. The molecule has 0 aromatic rings. The van der Waals surface area contributed by atoms with Crippen LogP contribution in [0.2, 0.25) is 0 Å². The van der Waals surface area contributed by atoms with Crippen molar-refractivity contribution >= 4 is 0 Å². The molecule has 4 atom stereocenters. The van der Waals surface area contributed by atoms with Crippen LogP contribution in [0.25, 0.3) is 0 Å². The van der Waals surface area contributed by atoms with Crippen molar-refractivity contribution in [2.45, 2.75) is 45.1 Å². The molecule has 0 spiro atoms. The second-order valence-electron chi connectivity index (χ2n) is 6.36. The summed E-state index contributed by atoms with van der Waals surface area (Å²) >= 11 is 0. The first-order chi connectivity index (χ1) is 8.70. The first-order valence-electron chi connectivity index (χ1n) is 7.42. The van der Waals surface area contributed by atoms with Gasteiger partial charge in [-0.2, -0.15) is 0 Å². The van der Waals surface area contributed by atoms with Crippen LogP contribution >= 0.6 is 0 Å². The smallest absolute Gasteiger partial charge is 0.0587 e. The van der Waals surface area contributed by atoms with Crippen molar-refractivity contribution in [3.05, 3.63) is 0 Å². The van der Waals surface area contributed by atoms with Gasteiger partial charge in [-0.05, 0) is 49.9 Å². The van der Waals surface area contributed by atoms with E-state index in [9.17, 15) is 0 Å². The number of rotatable bonds is 8. The summed E-state index contributed by atoms with van der Waals surface area (Å²) in [6, 6.07) is 0. The predicted molar refractivity (Wildman–Crippen MR) is 73.7 cm³/mol. The summed E-state index contributed by atoms with van der Waals surface area (Å²) in [7, 11) is 3.60. The lowest BCUT2D eigenvalue weighted by Gasteiger charge is -2.40. The highest BCUT2D eigenvalue weighted by molar-refractivity contribution is 5.02. The number of ether oxygens (including phenoxy) is 2. The van der Waals surface area contributed by atoms with E-state index in [1.54, 1.807) is 7.11 Å². The molecule has 0 amide bonds. The van der Waals surface area contributed by atoms with Crippen LogP contribution in [0, 0.1) is 17.3 Å². The maximum atomic E-state index is 5.52. The Morgan fingerprint density at radius 2 is 2.17 bits per heavy atom. The summed E-state index contributed by atoms with van der Waals surface area (Å²) in [4.78, 5) is 0. The van der Waals surface area contributed by atoms with E-state index in [1.165, 1.54) is 32.1 Å². The SMILES string of the molecule is COCCNCC1(CC(C)OC)CC2CCC1C2. The van der Waals surface area contributed by atoms with Crippen molar-refractivity contribution < 1.29 is 9.47 Å². The van der Waals surface area contributed by atoms with Gasteiger partial charge in [0.15, 0.2) is 0 Å². The Morgan fingerprint density at radius 1 is 1.33 bits per heavy atom. The standard InChI is InChI=1S/C15H29NO2/c1-12(18-3)9-15(11-16-6-7-17-2)10-13-4-5-14(15)8-13/h12-14,16H,4-11H2,1-3H3. The van der Waals surface area contributed by atoms with E-state index >= 15 is 0 Å². The molecule has 106 valence electrons. The van der Waals surface area contributed by atoms with Crippen LogP contribution in [0.5, 0.6) is 0 Å². The number of nitrogens with one attached hydrogen (secondary N) is 1. The van der Waals surface area contributed by atoms with Crippen molar-refractivity contribution in [2.75, 3.05) is 33.9 Å². The number of fused-ring (bicyclic) bond motifs is 2. The van der Waals surface area contributed by atoms with Crippen LogP contribution in [-0.4, -0.2) is 40.0 Å². The summed E-state index contributed by atoms with van der Waals surface area (Å²) in [5.41, 5.74) is 0.492. The second kappa shape index (κ2) is 6.36. The van der Waals surface area contributed by atoms with Gasteiger partial charge in [-0.25, -0.2) is 0 Å². The lowest BCUT2D eigenvalue weighted by atomic mass is 9.69. The largest absolute Gasteiger partial charge is 0.383 e. The van der Waals surface area contributed by atoms with Gasteiger partial charge >= 0.3 is 0 Å². The molecule has 3 nitrogen and oxygen atoms in total. The predicted octanol–water partition coefficient (Wildman–Crippen LogP) is 2.45. The van der Waals surface area contributed by atoms with Crippen LogP contribution in [0.4, 0.5) is 0 Å². The minimum absolute atomic E-state index is 0.383. The Labute approximate surface area is 112 Å². The van der Waals surface area contributed by atoms with Gasteiger partial charge in [0, 0.05) is 27.3 Å². The quantitative estimate of drug-likeness (QED) is 0.676. The molecule has 0 saturated heterocycles. The Hall–Kier alpha value is -0.120. The first-order valence-corrected chi connectivity index (χ1v) is 7.42. The highest BCUT2D eigenvalue weighted by Crippen LogP contribution is 2.57. The van der Waals surface area contributed by atoms with E-state index in [0.29, 0.717) is 11.5 Å². The summed E-state index contributed by atoms with van der Waals surface area (Å²) in [6.45, 7) is 5.13. The Morgan fingerprint density at radius 3 is 2.72 bits per heavy atom. The molecule has 0 aliphatic heterocycles. The number of methoxy groups -OCH3 is 2. The van der Waals surface area contributed by atoms with Crippen molar-refractivity contribution in [3.8, 4) is 0 Å². The molecule has 0 aromatic heterocycles. The third kappa shape index (κ3) is 3.06. The van der Waals surface area contributed by atoms with E-state index in [0.717, 1.165) is 31.5 Å². The molecule has 2 saturated carbocycles. The summed E-state index contributed by atoms with van der Waals surface area (Å²) in [5, 5.41) is 3.60. The lowest BCUT2D eigenvalue weighted by molar-refractivity contribution is 0.0347. The van der Waals surface area contributed by atoms with Gasteiger partial charge in [0.05, 0.1) is 12.7 Å². The number of hydrogen-bond acceptors (Lipinski definition) is 3. The van der Waals surface area contributed by atoms with Crippen LogP contribution in [-0.2, 0) is 9.47 Å². The molecular formula is C15H29NO2. The monoisotopic (exact) mass is 255 g/mol. The Balaban J connectivity index is 1.90. The zero-order valence-electron chi connectivity index (χ0n) is 12.2. The van der Waals surface area contributed by atoms with Crippen molar-refractivity contribution in [1.29, 1.82) is 0 Å². The molecule has 2 aliphatic rings. The fraction of sp³-hybridized carbons (Fsp3) is 1.00. The molecule has 1 N–H and O–H groups in total. The molecule has 2 fully saturated rings. The van der Waals surface area contributed by atoms with Crippen LogP contribution < -0.4 is 5.32 Å². The van der Waals surface area contributed by atoms with Gasteiger partial charge in [-0.3, -0.25) is 0 Å². The maximum Gasteiger partial charge on any atom is 0.0587 e. The topological polar surface area (TPSA) is 30.5 Å². The molecule has 4 unspecified atom stereocenters. The minimum Gasteiger partial charge on any atom is -0.383 e. The average Bonchev–Trinajstić information content (AvgIpc) is 2.95. The molecule has 0 radical (unpaired) electrons. The highest BCUT2D eigenvalue weighted by Gasteiger charge is 2.50. The molecule has 2 rings (SSSR count). The third-order valence-corrected chi connectivity index (χ3v) is 5.16. The fourth-order valence-electron chi connectivity index (χ4n) is 4.26. The van der Waals surface area contributed by atoms with Crippen LogP contribution in [0.3, 0.4) is 0 Å². The zero-order valence-corrected chi connectivity index (χ0v) is 12.2. The Kier molecular flexibility index (Phi) is 5.05. The van der Waals surface area contributed by atoms with Crippen molar-refractivity contribution in [3.63, 3.8) is 0 Å². The van der Waals surface area contributed by atoms with Gasteiger partial charge in [-0.15, -0.1) is 0 Å². The second-order valence-corrected chi connectivity index (χ2v) is 6.36. The van der Waals surface area contributed by atoms with E-state index in [1.807, 2.05) is 7.11 Å². The minimum atomic E-state index is 0.383. The van der Waals surface area contributed by atoms with Crippen molar-refractivity contribution in [1.82, 2.24) is 5.32 Å². The van der Waals surface area contributed by atoms with Gasteiger partial charge in [0.2, 0.25) is 0 Å².